The predicted octanol–water partition coefficient (Wildman–Crippen LogP) is 11.6. The van der Waals surface area contributed by atoms with Gasteiger partial charge < -0.3 is 4.42 Å². The number of furan rings is 1. The van der Waals surface area contributed by atoms with Crippen molar-refractivity contribution < 1.29 is 4.42 Å². The second kappa shape index (κ2) is 11.6. The first-order valence-corrected chi connectivity index (χ1v) is 17.6. The summed E-state index contributed by atoms with van der Waals surface area (Å²) in [6, 6.07) is 58.0. The molecule has 0 atom stereocenters. The Morgan fingerprint density at radius 3 is 1.85 bits per heavy atom. The van der Waals surface area contributed by atoms with Gasteiger partial charge in [-0.3, -0.25) is 9.47 Å². The van der Waals surface area contributed by atoms with Gasteiger partial charge in [-0.1, -0.05) is 109 Å². The lowest BCUT2D eigenvalue weighted by Crippen LogP contribution is -2.14. The zero-order valence-corrected chi connectivity index (χ0v) is 28.3. The maximum atomic E-state index is 6.23. The first kappa shape index (κ1) is 29.4. The summed E-state index contributed by atoms with van der Waals surface area (Å²) in [7, 11) is 0. The van der Waals surface area contributed by atoms with Crippen molar-refractivity contribution in [1.29, 1.82) is 0 Å². The Labute approximate surface area is 304 Å². The van der Waals surface area contributed by atoms with Crippen LogP contribution in [0.25, 0.3) is 83.9 Å². The molecule has 0 bridgehead atoms. The van der Waals surface area contributed by atoms with E-state index in [0.717, 1.165) is 83.8 Å². The Hall–Kier alpha value is -7.38. The van der Waals surface area contributed by atoms with Crippen molar-refractivity contribution >= 4 is 50.3 Å². The van der Waals surface area contributed by atoms with Crippen molar-refractivity contribution in [2.24, 2.45) is 0 Å². The van der Waals surface area contributed by atoms with Gasteiger partial charge >= 0.3 is 0 Å². The SMILES string of the molecule is c1ccc(-c2nc(-c3ccc(N4c5ccccc5-c5ccccc5-n5c4nc4ccccc45)cc3)nc(-c3cccc4oc5ccccc5c34)n2)cc1. The van der Waals surface area contributed by atoms with E-state index in [4.69, 9.17) is 24.4 Å². The standard InChI is InChI=1S/C46H28N6O/c1-2-13-29(14-3-1)43-48-44(50-45(49-43)35-18-12-24-41-42(35)34-17-6-11-23-40(34)53-41)30-25-27-31(28-26-30)51-37-20-8-4-15-32(37)33-16-5-9-21-38(33)52-39-22-10-7-19-36(39)47-46(51)52/h1-28H. The summed E-state index contributed by atoms with van der Waals surface area (Å²) in [6.45, 7) is 0. The number of fused-ring (bicyclic) bond motifs is 10. The van der Waals surface area contributed by atoms with Crippen LogP contribution in [-0.2, 0) is 0 Å². The molecule has 7 aromatic carbocycles. The molecule has 1 aliphatic heterocycles. The van der Waals surface area contributed by atoms with Crippen LogP contribution in [0.2, 0.25) is 0 Å². The lowest BCUT2D eigenvalue weighted by Gasteiger charge is -2.24. The van der Waals surface area contributed by atoms with E-state index in [2.05, 4.69) is 113 Å². The van der Waals surface area contributed by atoms with E-state index < -0.39 is 0 Å². The number of anilines is 3. The normalized spacial score (nSPS) is 12.1. The molecule has 0 spiro atoms. The molecule has 1 aliphatic rings. The number of nitrogens with zero attached hydrogens (tertiary/aromatic N) is 6. The van der Waals surface area contributed by atoms with Crippen LogP contribution in [-0.4, -0.2) is 24.5 Å². The Bertz CT molecular complexity index is 3020. The Kier molecular flexibility index (Phi) is 6.42. The van der Waals surface area contributed by atoms with E-state index in [9.17, 15) is 0 Å². The molecule has 0 unspecified atom stereocenters. The molecule has 0 N–H and O–H groups in total. The zero-order valence-electron chi connectivity index (χ0n) is 28.3. The smallest absolute Gasteiger partial charge is 0.220 e. The minimum absolute atomic E-state index is 0.584. The van der Waals surface area contributed by atoms with Crippen LogP contribution in [0, 0.1) is 0 Å². The summed E-state index contributed by atoms with van der Waals surface area (Å²) in [5.74, 6) is 2.60. The van der Waals surface area contributed by atoms with Gasteiger partial charge in [0.2, 0.25) is 5.95 Å². The third-order valence-electron chi connectivity index (χ3n) is 10.0. The van der Waals surface area contributed by atoms with E-state index in [-0.39, 0.29) is 0 Å². The van der Waals surface area contributed by atoms with E-state index in [1.54, 1.807) is 0 Å². The molecule has 11 rings (SSSR count). The van der Waals surface area contributed by atoms with Gasteiger partial charge in [-0.2, -0.15) is 0 Å². The van der Waals surface area contributed by atoms with Crippen LogP contribution >= 0.6 is 0 Å². The van der Waals surface area contributed by atoms with E-state index in [0.29, 0.717) is 17.5 Å². The van der Waals surface area contributed by atoms with Crippen molar-refractivity contribution in [3.05, 3.63) is 170 Å². The average Bonchev–Trinajstić information content (AvgIpc) is 3.77. The number of rotatable bonds is 4. The fourth-order valence-corrected chi connectivity index (χ4v) is 7.62. The minimum atomic E-state index is 0.584. The van der Waals surface area contributed by atoms with Crippen LogP contribution < -0.4 is 4.90 Å². The van der Waals surface area contributed by atoms with Gasteiger partial charge in [0.15, 0.2) is 17.5 Å². The molecule has 4 heterocycles. The molecular weight excluding hydrogens is 653 g/mol. The molecule has 0 radical (unpaired) electrons. The molecule has 53 heavy (non-hydrogen) atoms. The van der Waals surface area contributed by atoms with Crippen LogP contribution in [0.4, 0.5) is 17.3 Å². The molecule has 0 aliphatic carbocycles. The molecule has 7 heteroatoms. The zero-order chi connectivity index (χ0) is 34.9. The van der Waals surface area contributed by atoms with Crippen molar-refractivity contribution in [3.8, 4) is 51.0 Å². The fraction of sp³-hybridized carbons (Fsp3) is 0. The highest BCUT2D eigenvalue weighted by molar-refractivity contribution is 6.11. The molecule has 248 valence electrons. The van der Waals surface area contributed by atoms with Crippen LogP contribution in [0.3, 0.4) is 0 Å². The Morgan fingerprint density at radius 2 is 1.02 bits per heavy atom. The Balaban J connectivity index is 1.09. The third kappa shape index (κ3) is 4.61. The highest BCUT2D eigenvalue weighted by Crippen LogP contribution is 2.47. The van der Waals surface area contributed by atoms with Gasteiger partial charge in [-0.25, -0.2) is 19.9 Å². The number of hydrogen-bond donors (Lipinski definition) is 0. The van der Waals surface area contributed by atoms with Gasteiger partial charge in [-0.05, 0) is 60.7 Å². The summed E-state index contributed by atoms with van der Waals surface area (Å²) in [4.78, 5) is 22.7. The first-order valence-electron chi connectivity index (χ1n) is 17.6. The van der Waals surface area contributed by atoms with Gasteiger partial charge in [0.25, 0.3) is 0 Å². The summed E-state index contributed by atoms with van der Waals surface area (Å²) in [6.07, 6.45) is 0. The maximum absolute atomic E-state index is 6.23. The van der Waals surface area contributed by atoms with E-state index >= 15 is 0 Å². The fourth-order valence-electron chi connectivity index (χ4n) is 7.62. The maximum Gasteiger partial charge on any atom is 0.220 e. The van der Waals surface area contributed by atoms with Gasteiger partial charge in [0.05, 0.1) is 22.4 Å². The third-order valence-corrected chi connectivity index (χ3v) is 10.0. The second-order valence-corrected chi connectivity index (χ2v) is 13.1. The minimum Gasteiger partial charge on any atom is -0.456 e. The molecule has 0 fully saturated rings. The average molecular weight is 681 g/mol. The van der Waals surface area contributed by atoms with Crippen LogP contribution in [0.15, 0.2) is 174 Å². The highest BCUT2D eigenvalue weighted by atomic mass is 16.3. The van der Waals surface area contributed by atoms with Crippen molar-refractivity contribution in [2.45, 2.75) is 0 Å². The molecule has 3 aromatic heterocycles. The summed E-state index contributed by atoms with van der Waals surface area (Å²) < 4.78 is 8.50. The molecule has 0 saturated carbocycles. The van der Waals surface area contributed by atoms with Crippen molar-refractivity contribution in [2.75, 3.05) is 4.90 Å². The van der Waals surface area contributed by atoms with Crippen molar-refractivity contribution in [1.82, 2.24) is 24.5 Å². The lowest BCUT2D eigenvalue weighted by atomic mass is 10.0. The summed E-state index contributed by atoms with van der Waals surface area (Å²) in [5, 5.41) is 2.01. The van der Waals surface area contributed by atoms with Crippen LogP contribution in [0.5, 0.6) is 0 Å². The first-order chi connectivity index (χ1) is 26.3. The number of benzene rings is 7. The van der Waals surface area contributed by atoms with E-state index in [1.165, 1.54) is 0 Å². The highest BCUT2D eigenvalue weighted by Gasteiger charge is 2.29. The molecule has 7 nitrogen and oxygen atoms in total. The number of hydrogen-bond acceptors (Lipinski definition) is 6. The summed E-state index contributed by atoms with van der Waals surface area (Å²) >= 11 is 0. The molecule has 10 aromatic rings. The van der Waals surface area contributed by atoms with Crippen LogP contribution in [0.1, 0.15) is 0 Å². The number of aromatic nitrogens is 5. The number of imidazole rings is 1. The predicted molar refractivity (Wildman–Crippen MR) is 212 cm³/mol. The topological polar surface area (TPSA) is 72.9 Å². The second-order valence-electron chi connectivity index (χ2n) is 13.1. The number of para-hydroxylation sites is 5. The molecule has 0 saturated heterocycles. The lowest BCUT2D eigenvalue weighted by molar-refractivity contribution is 0.669. The quantitative estimate of drug-likeness (QED) is 0.184. The Morgan fingerprint density at radius 1 is 0.415 bits per heavy atom. The monoisotopic (exact) mass is 680 g/mol. The largest absolute Gasteiger partial charge is 0.456 e. The van der Waals surface area contributed by atoms with E-state index in [1.807, 2.05) is 66.7 Å². The van der Waals surface area contributed by atoms with Gasteiger partial charge in [-0.15, -0.1) is 0 Å². The molecular formula is C46H28N6O. The summed E-state index contributed by atoms with van der Waals surface area (Å²) in [5.41, 5.74) is 11.7. The molecule has 0 amide bonds. The van der Waals surface area contributed by atoms with Crippen molar-refractivity contribution in [3.63, 3.8) is 0 Å². The van der Waals surface area contributed by atoms with Gasteiger partial charge in [0, 0.05) is 44.3 Å². The van der Waals surface area contributed by atoms with Gasteiger partial charge in [0.1, 0.15) is 11.2 Å².